The van der Waals surface area contributed by atoms with E-state index >= 15 is 0 Å². The predicted octanol–water partition coefficient (Wildman–Crippen LogP) is 3.01. The number of pyridine rings is 1. The first-order valence-electron chi connectivity index (χ1n) is 9.36. The summed E-state index contributed by atoms with van der Waals surface area (Å²) in [5.41, 5.74) is 0.897. The number of rotatable bonds is 3. The zero-order valence-corrected chi connectivity index (χ0v) is 15.4. The minimum Gasteiger partial charge on any atom is -0.339 e. The molecule has 2 aliphatic rings. The van der Waals surface area contributed by atoms with Crippen molar-refractivity contribution in [1.82, 2.24) is 14.8 Å². The van der Waals surface area contributed by atoms with Gasteiger partial charge in [-0.2, -0.15) is 0 Å². The SMILES string of the molecule is O=C1CC2(CCN(C(=O)c3ccncc3)CC2)CN1Cc1cc(F)cc(F)c1. The van der Waals surface area contributed by atoms with Crippen molar-refractivity contribution in [3.63, 3.8) is 0 Å². The number of aromatic nitrogens is 1. The molecule has 2 aromatic rings. The van der Waals surface area contributed by atoms with Crippen LogP contribution in [0, 0.1) is 17.0 Å². The van der Waals surface area contributed by atoms with Gasteiger partial charge in [-0.3, -0.25) is 14.6 Å². The lowest BCUT2D eigenvalue weighted by atomic mass is 9.77. The third kappa shape index (κ3) is 3.74. The molecule has 2 fully saturated rings. The molecule has 1 aromatic heterocycles. The fourth-order valence-corrected chi connectivity index (χ4v) is 4.24. The van der Waals surface area contributed by atoms with Crippen LogP contribution in [0.3, 0.4) is 0 Å². The van der Waals surface area contributed by atoms with Crippen LogP contribution in [0.5, 0.6) is 0 Å². The molecule has 2 saturated heterocycles. The lowest BCUT2D eigenvalue weighted by molar-refractivity contribution is -0.128. The standard InChI is InChI=1S/C21H21F2N3O2/c22-17-9-15(10-18(23)11-17)13-26-14-21(12-19(26)27)3-7-25(8-4-21)20(28)16-1-5-24-6-2-16/h1-2,5-6,9-11H,3-4,7-8,12-14H2. The molecule has 1 spiro atoms. The minimum atomic E-state index is -0.640. The summed E-state index contributed by atoms with van der Waals surface area (Å²) in [5, 5.41) is 0. The largest absolute Gasteiger partial charge is 0.339 e. The molecule has 28 heavy (non-hydrogen) atoms. The van der Waals surface area contributed by atoms with E-state index in [1.54, 1.807) is 29.4 Å². The first kappa shape index (κ1) is 18.5. The molecular formula is C21H21F2N3O2. The van der Waals surface area contributed by atoms with E-state index in [9.17, 15) is 18.4 Å². The van der Waals surface area contributed by atoms with Gasteiger partial charge in [-0.1, -0.05) is 0 Å². The average Bonchev–Trinajstić information content (AvgIpc) is 2.96. The van der Waals surface area contributed by atoms with Crippen molar-refractivity contribution < 1.29 is 18.4 Å². The highest BCUT2D eigenvalue weighted by Gasteiger charge is 2.45. The Labute approximate surface area is 162 Å². The second-order valence-electron chi connectivity index (χ2n) is 7.73. The molecule has 0 aliphatic carbocycles. The second-order valence-corrected chi connectivity index (χ2v) is 7.73. The maximum absolute atomic E-state index is 13.4. The van der Waals surface area contributed by atoms with Crippen LogP contribution in [0.15, 0.2) is 42.7 Å². The number of halogens is 2. The molecular weight excluding hydrogens is 364 g/mol. The van der Waals surface area contributed by atoms with Gasteiger partial charge in [0, 0.05) is 62.0 Å². The van der Waals surface area contributed by atoms with Gasteiger partial charge >= 0.3 is 0 Å². The van der Waals surface area contributed by atoms with Gasteiger partial charge in [0.1, 0.15) is 11.6 Å². The van der Waals surface area contributed by atoms with Crippen molar-refractivity contribution in [2.24, 2.45) is 5.41 Å². The molecule has 146 valence electrons. The molecule has 7 heteroatoms. The molecule has 3 heterocycles. The summed E-state index contributed by atoms with van der Waals surface area (Å²) >= 11 is 0. The van der Waals surface area contributed by atoms with E-state index in [2.05, 4.69) is 4.98 Å². The van der Waals surface area contributed by atoms with E-state index < -0.39 is 11.6 Å². The maximum Gasteiger partial charge on any atom is 0.253 e. The highest BCUT2D eigenvalue weighted by Crippen LogP contribution is 2.41. The third-order valence-electron chi connectivity index (χ3n) is 5.74. The van der Waals surface area contributed by atoms with Gasteiger partial charge in [-0.05, 0) is 42.7 Å². The molecule has 0 atom stereocenters. The van der Waals surface area contributed by atoms with Gasteiger partial charge < -0.3 is 9.80 Å². The maximum atomic E-state index is 13.4. The minimum absolute atomic E-state index is 0.00132. The second kappa shape index (κ2) is 7.30. The van der Waals surface area contributed by atoms with E-state index in [-0.39, 0.29) is 23.8 Å². The van der Waals surface area contributed by atoms with Crippen molar-refractivity contribution in [2.45, 2.75) is 25.8 Å². The van der Waals surface area contributed by atoms with Crippen molar-refractivity contribution in [3.05, 3.63) is 65.5 Å². The molecule has 0 saturated carbocycles. The summed E-state index contributed by atoms with van der Waals surface area (Å²) in [4.78, 5) is 32.5. The Bertz CT molecular complexity index is 876. The number of nitrogens with zero attached hydrogens (tertiary/aromatic N) is 3. The predicted molar refractivity (Wildman–Crippen MR) is 98.2 cm³/mol. The van der Waals surface area contributed by atoms with Gasteiger partial charge in [0.2, 0.25) is 5.91 Å². The quantitative estimate of drug-likeness (QED) is 0.816. The molecule has 4 rings (SSSR count). The van der Waals surface area contributed by atoms with Gasteiger partial charge in [0.25, 0.3) is 5.91 Å². The summed E-state index contributed by atoms with van der Waals surface area (Å²) in [6, 6.07) is 6.75. The van der Waals surface area contributed by atoms with E-state index in [1.165, 1.54) is 12.1 Å². The zero-order valence-electron chi connectivity index (χ0n) is 15.4. The average molecular weight is 385 g/mol. The van der Waals surface area contributed by atoms with Crippen LogP contribution in [0.2, 0.25) is 0 Å². The number of carbonyl (C=O) groups is 2. The Morgan fingerprint density at radius 3 is 2.36 bits per heavy atom. The van der Waals surface area contributed by atoms with E-state index in [0.717, 1.165) is 18.9 Å². The Kier molecular flexibility index (Phi) is 4.83. The first-order valence-corrected chi connectivity index (χ1v) is 9.36. The summed E-state index contributed by atoms with van der Waals surface area (Å²) in [5.74, 6) is -1.30. The zero-order chi connectivity index (χ0) is 19.7. The number of hydrogen-bond donors (Lipinski definition) is 0. The van der Waals surface area contributed by atoms with Gasteiger partial charge in [-0.15, -0.1) is 0 Å². The third-order valence-corrected chi connectivity index (χ3v) is 5.74. The number of carbonyl (C=O) groups excluding carboxylic acids is 2. The summed E-state index contributed by atoms with van der Waals surface area (Å²) < 4.78 is 26.8. The van der Waals surface area contributed by atoms with Crippen LogP contribution in [0.4, 0.5) is 8.78 Å². The molecule has 5 nitrogen and oxygen atoms in total. The fraction of sp³-hybridized carbons (Fsp3) is 0.381. The van der Waals surface area contributed by atoms with Gasteiger partial charge in [0.05, 0.1) is 0 Å². The molecule has 2 amide bonds. The molecule has 1 aromatic carbocycles. The fourth-order valence-electron chi connectivity index (χ4n) is 4.24. The smallest absolute Gasteiger partial charge is 0.253 e. The van der Waals surface area contributed by atoms with Crippen molar-refractivity contribution >= 4 is 11.8 Å². The van der Waals surface area contributed by atoms with E-state index in [1.807, 2.05) is 4.90 Å². The molecule has 0 N–H and O–H groups in total. The Balaban J connectivity index is 1.39. The number of likely N-dealkylation sites (tertiary alicyclic amines) is 2. The number of piperidine rings is 1. The van der Waals surface area contributed by atoms with Crippen LogP contribution in [0.1, 0.15) is 35.2 Å². The normalized spacial score (nSPS) is 18.7. The molecule has 2 aliphatic heterocycles. The highest BCUT2D eigenvalue weighted by molar-refractivity contribution is 5.94. The summed E-state index contributed by atoms with van der Waals surface area (Å²) in [6.45, 7) is 1.95. The van der Waals surface area contributed by atoms with E-state index in [0.29, 0.717) is 37.2 Å². The van der Waals surface area contributed by atoms with Crippen molar-refractivity contribution in [1.29, 1.82) is 0 Å². The Hall–Kier alpha value is -2.83. The molecule has 0 unspecified atom stereocenters. The Morgan fingerprint density at radius 1 is 1.07 bits per heavy atom. The lowest BCUT2D eigenvalue weighted by Crippen LogP contribution is -2.44. The first-order chi connectivity index (χ1) is 13.4. The van der Waals surface area contributed by atoms with Crippen LogP contribution in [-0.2, 0) is 11.3 Å². The molecule has 0 radical (unpaired) electrons. The van der Waals surface area contributed by atoms with Crippen LogP contribution >= 0.6 is 0 Å². The number of hydrogen-bond acceptors (Lipinski definition) is 3. The van der Waals surface area contributed by atoms with Crippen molar-refractivity contribution in [3.8, 4) is 0 Å². The number of amides is 2. The molecule has 0 bridgehead atoms. The monoisotopic (exact) mass is 385 g/mol. The van der Waals surface area contributed by atoms with Crippen LogP contribution in [-0.4, -0.2) is 46.2 Å². The Morgan fingerprint density at radius 2 is 1.71 bits per heavy atom. The topological polar surface area (TPSA) is 53.5 Å². The van der Waals surface area contributed by atoms with Crippen LogP contribution < -0.4 is 0 Å². The van der Waals surface area contributed by atoms with Gasteiger partial charge in [-0.25, -0.2) is 8.78 Å². The van der Waals surface area contributed by atoms with Crippen molar-refractivity contribution in [2.75, 3.05) is 19.6 Å². The lowest BCUT2D eigenvalue weighted by Gasteiger charge is -2.38. The number of benzene rings is 1. The van der Waals surface area contributed by atoms with Crippen LogP contribution in [0.25, 0.3) is 0 Å². The van der Waals surface area contributed by atoms with E-state index in [4.69, 9.17) is 0 Å². The summed E-state index contributed by atoms with van der Waals surface area (Å²) in [7, 11) is 0. The summed E-state index contributed by atoms with van der Waals surface area (Å²) in [6.07, 6.45) is 5.10. The highest BCUT2D eigenvalue weighted by atomic mass is 19.1. The van der Waals surface area contributed by atoms with Gasteiger partial charge in [0.15, 0.2) is 0 Å².